The molecule has 2 unspecified atom stereocenters. The Labute approximate surface area is 66.7 Å². The Morgan fingerprint density at radius 3 is 2.64 bits per heavy atom. The van der Waals surface area contributed by atoms with Gasteiger partial charge in [0.25, 0.3) is 0 Å². The van der Waals surface area contributed by atoms with Gasteiger partial charge in [0.05, 0.1) is 6.04 Å². The van der Waals surface area contributed by atoms with Gasteiger partial charge in [-0.2, -0.15) is 0 Å². The number of carbonyl (C=O) groups is 1. The van der Waals surface area contributed by atoms with Crippen LogP contribution in [0.2, 0.25) is 0 Å². The molecule has 0 bridgehead atoms. The number of carbonyl (C=O) groups excluding carboxylic acids is 1. The van der Waals surface area contributed by atoms with Gasteiger partial charge in [-0.05, 0) is 6.92 Å². The first kappa shape index (κ1) is 8.49. The SMILES string of the molecule is CNC(=O)C1CNC(C)CN1. The maximum absolute atomic E-state index is 11.1. The van der Waals surface area contributed by atoms with Crippen molar-refractivity contribution in [2.45, 2.75) is 19.0 Å². The molecule has 11 heavy (non-hydrogen) atoms. The third-order valence-corrected chi connectivity index (χ3v) is 1.90. The fourth-order valence-corrected chi connectivity index (χ4v) is 1.14. The molecule has 0 saturated carbocycles. The lowest BCUT2D eigenvalue weighted by molar-refractivity contribution is -0.122. The van der Waals surface area contributed by atoms with E-state index >= 15 is 0 Å². The highest BCUT2D eigenvalue weighted by Crippen LogP contribution is 1.91. The number of piperazine rings is 1. The van der Waals surface area contributed by atoms with E-state index in [9.17, 15) is 4.79 Å². The highest BCUT2D eigenvalue weighted by atomic mass is 16.2. The predicted molar refractivity (Wildman–Crippen MR) is 43.3 cm³/mol. The third-order valence-electron chi connectivity index (χ3n) is 1.90. The van der Waals surface area contributed by atoms with E-state index in [4.69, 9.17) is 0 Å². The molecule has 1 saturated heterocycles. The van der Waals surface area contributed by atoms with Gasteiger partial charge in [-0.25, -0.2) is 0 Å². The lowest BCUT2D eigenvalue weighted by Crippen LogP contribution is -2.58. The molecule has 1 fully saturated rings. The van der Waals surface area contributed by atoms with Gasteiger partial charge in [-0.15, -0.1) is 0 Å². The number of hydrogen-bond acceptors (Lipinski definition) is 3. The second-order valence-corrected chi connectivity index (χ2v) is 2.88. The van der Waals surface area contributed by atoms with E-state index < -0.39 is 0 Å². The smallest absolute Gasteiger partial charge is 0.238 e. The molecule has 1 aliphatic rings. The van der Waals surface area contributed by atoms with Crippen molar-refractivity contribution in [1.29, 1.82) is 0 Å². The summed E-state index contributed by atoms with van der Waals surface area (Å²) in [5, 5.41) is 8.98. The maximum Gasteiger partial charge on any atom is 0.238 e. The normalized spacial score (nSPS) is 31.5. The van der Waals surface area contributed by atoms with Crippen LogP contribution in [0.1, 0.15) is 6.92 Å². The standard InChI is InChI=1S/C7H15N3O/c1-5-3-10-6(4-9-5)7(11)8-2/h5-6,9-10H,3-4H2,1-2H3,(H,8,11). The van der Waals surface area contributed by atoms with Crippen molar-refractivity contribution >= 4 is 5.91 Å². The van der Waals surface area contributed by atoms with Crippen LogP contribution in [0.5, 0.6) is 0 Å². The molecule has 1 amide bonds. The first-order valence-electron chi connectivity index (χ1n) is 3.92. The van der Waals surface area contributed by atoms with Crippen LogP contribution in [0.25, 0.3) is 0 Å². The van der Waals surface area contributed by atoms with Gasteiger partial charge in [-0.3, -0.25) is 4.79 Å². The van der Waals surface area contributed by atoms with Gasteiger partial charge in [0.2, 0.25) is 5.91 Å². The molecule has 1 heterocycles. The van der Waals surface area contributed by atoms with Gasteiger partial charge >= 0.3 is 0 Å². The molecular formula is C7H15N3O. The van der Waals surface area contributed by atoms with Crippen molar-refractivity contribution in [3.05, 3.63) is 0 Å². The second kappa shape index (κ2) is 3.69. The van der Waals surface area contributed by atoms with Crippen LogP contribution in [-0.2, 0) is 4.79 Å². The maximum atomic E-state index is 11.1. The summed E-state index contributed by atoms with van der Waals surface area (Å²) in [6.45, 7) is 3.67. The molecule has 0 radical (unpaired) electrons. The summed E-state index contributed by atoms with van der Waals surface area (Å²) in [5.74, 6) is 0.0596. The molecule has 2 atom stereocenters. The highest BCUT2D eigenvalue weighted by Gasteiger charge is 2.21. The topological polar surface area (TPSA) is 53.2 Å². The van der Waals surface area contributed by atoms with E-state index in [1.807, 2.05) is 0 Å². The Hall–Kier alpha value is -0.610. The first-order valence-corrected chi connectivity index (χ1v) is 3.92. The Morgan fingerprint density at radius 1 is 1.45 bits per heavy atom. The average Bonchev–Trinajstić information content (AvgIpc) is 2.05. The summed E-state index contributed by atoms with van der Waals surface area (Å²) in [5.41, 5.74) is 0. The van der Waals surface area contributed by atoms with Crippen LogP contribution < -0.4 is 16.0 Å². The largest absolute Gasteiger partial charge is 0.358 e. The van der Waals surface area contributed by atoms with E-state index in [1.54, 1.807) is 7.05 Å². The summed E-state index contributed by atoms with van der Waals surface area (Å²) in [4.78, 5) is 11.1. The van der Waals surface area contributed by atoms with Gasteiger partial charge in [-0.1, -0.05) is 0 Å². The lowest BCUT2D eigenvalue weighted by atomic mass is 10.1. The number of hydrogen-bond donors (Lipinski definition) is 3. The molecule has 0 aromatic heterocycles. The number of rotatable bonds is 1. The van der Waals surface area contributed by atoms with Crippen molar-refractivity contribution in [3.8, 4) is 0 Å². The summed E-state index contributed by atoms with van der Waals surface area (Å²) >= 11 is 0. The number of amides is 1. The van der Waals surface area contributed by atoms with E-state index in [1.165, 1.54) is 0 Å². The van der Waals surface area contributed by atoms with E-state index in [0.717, 1.165) is 13.1 Å². The van der Waals surface area contributed by atoms with E-state index in [0.29, 0.717) is 6.04 Å². The van der Waals surface area contributed by atoms with Crippen LogP contribution in [-0.4, -0.2) is 38.1 Å². The lowest BCUT2D eigenvalue weighted by Gasteiger charge is -2.27. The third kappa shape index (κ3) is 2.17. The quantitative estimate of drug-likeness (QED) is 0.442. The summed E-state index contributed by atoms with van der Waals surface area (Å²) in [7, 11) is 1.65. The molecule has 4 nitrogen and oxygen atoms in total. The fourth-order valence-electron chi connectivity index (χ4n) is 1.14. The van der Waals surface area contributed by atoms with Crippen LogP contribution in [0, 0.1) is 0 Å². The Morgan fingerprint density at radius 2 is 2.18 bits per heavy atom. The molecule has 0 aromatic rings. The molecular weight excluding hydrogens is 142 g/mol. The predicted octanol–water partition coefficient (Wildman–Crippen LogP) is -1.32. The number of likely N-dealkylation sites (N-methyl/N-ethyl adjacent to an activating group) is 1. The minimum atomic E-state index is -0.0591. The van der Waals surface area contributed by atoms with Crippen LogP contribution in [0.4, 0.5) is 0 Å². The zero-order valence-corrected chi connectivity index (χ0v) is 6.98. The fraction of sp³-hybridized carbons (Fsp3) is 0.857. The number of nitrogens with one attached hydrogen (secondary N) is 3. The van der Waals surface area contributed by atoms with Gasteiger partial charge in [0, 0.05) is 26.2 Å². The summed E-state index contributed by atoms with van der Waals surface area (Å²) < 4.78 is 0. The molecule has 3 N–H and O–H groups in total. The molecule has 1 rings (SSSR count). The molecule has 0 spiro atoms. The van der Waals surface area contributed by atoms with Crippen LogP contribution in [0.15, 0.2) is 0 Å². The van der Waals surface area contributed by atoms with Crippen molar-refractivity contribution in [3.63, 3.8) is 0 Å². The van der Waals surface area contributed by atoms with Crippen molar-refractivity contribution in [2.75, 3.05) is 20.1 Å². The molecule has 4 heteroatoms. The van der Waals surface area contributed by atoms with Gasteiger partial charge in [0.15, 0.2) is 0 Å². The van der Waals surface area contributed by atoms with Crippen molar-refractivity contribution in [2.24, 2.45) is 0 Å². The Balaban J connectivity index is 2.33. The zero-order chi connectivity index (χ0) is 8.27. The van der Waals surface area contributed by atoms with E-state index in [-0.39, 0.29) is 11.9 Å². The molecule has 1 aliphatic heterocycles. The first-order chi connectivity index (χ1) is 5.24. The van der Waals surface area contributed by atoms with E-state index in [2.05, 4.69) is 22.9 Å². The second-order valence-electron chi connectivity index (χ2n) is 2.88. The van der Waals surface area contributed by atoms with Crippen molar-refractivity contribution in [1.82, 2.24) is 16.0 Å². The summed E-state index contributed by atoms with van der Waals surface area (Å²) in [6, 6.07) is 0.409. The van der Waals surface area contributed by atoms with Gasteiger partial charge < -0.3 is 16.0 Å². The highest BCUT2D eigenvalue weighted by molar-refractivity contribution is 5.81. The van der Waals surface area contributed by atoms with Crippen molar-refractivity contribution < 1.29 is 4.79 Å². The Kier molecular flexibility index (Phi) is 2.84. The average molecular weight is 157 g/mol. The molecule has 0 aromatic carbocycles. The Bertz CT molecular complexity index is 141. The van der Waals surface area contributed by atoms with Crippen LogP contribution >= 0.6 is 0 Å². The minimum Gasteiger partial charge on any atom is -0.358 e. The zero-order valence-electron chi connectivity index (χ0n) is 6.98. The molecule has 64 valence electrons. The summed E-state index contributed by atoms with van der Waals surface area (Å²) in [6.07, 6.45) is 0. The monoisotopic (exact) mass is 157 g/mol. The van der Waals surface area contributed by atoms with Crippen LogP contribution in [0.3, 0.4) is 0 Å². The van der Waals surface area contributed by atoms with Gasteiger partial charge in [0.1, 0.15) is 0 Å². The molecule has 0 aliphatic carbocycles. The minimum absolute atomic E-state index is 0.0591.